The molecule has 0 aromatic heterocycles. The maximum atomic E-state index is 11.7. The van der Waals surface area contributed by atoms with Gasteiger partial charge in [0.15, 0.2) is 0 Å². The van der Waals surface area contributed by atoms with Gasteiger partial charge in [-0.15, -0.1) is 0 Å². The van der Waals surface area contributed by atoms with Gasteiger partial charge in [-0.3, -0.25) is 9.59 Å². The minimum Gasteiger partial charge on any atom is -0.481 e. The third-order valence-electron chi connectivity index (χ3n) is 3.48. The van der Waals surface area contributed by atoms with E-state index in [9.17, 15) is 24.3 Å². The number of carbonyl (C=O) groups excluding carboxylic acids is 1. The topological polar surface area (TPSA) is 138 Å². The van der Waals surface area contributed by atoms with Crippen LogP contribution in [0.1, 0.15) is 13.8 Å². The summed E-state index contributed by atoms with van der Waals surface area (Å²) in [6, 6.07) is 0. The Labute approximate surface area is 131 Å². The molecule has 1 aliphatic carbocycles. The highest BCUT2D eigenvalue weighted by atomic mass is 16.5. The Morgan fingerprint density at radius 3 is 2.22 bits per heavy atom. The van der Waals surface area contributed by atoms with Crippen LogP contribution in [0.4, 0.5) is 0 Å². The van der Waals surface area contributed by atoms with Gasteiger partial charge < -0.3 is 20.1 Å². The Balaban J connectivity index is 3.35. The van der Waals surface area contributed by atoms with Gasteiger partial charge in [-0.05, 0) is 19.9 Å². The smallest absolute Gasteiger partial charge is 0.333 e. The first-order chi connectivity index (χ1) is 10.5. The molecule has 3 atom stereocenters. The number of rotatable bonds is 6. The van der Waals surface area contributed by atoms with E-state index in [1.165, 1.54) is 13.8 Å². The lowest BCUT2D eigenvalue weighted by Crippen LogP contribution is -2.43. The number of ether oxygens (including phenoxy) is 1. The van der Waals surface area contributed by atoms with Crippen molar-refractivity contribution < 1.29 is 39.2 Å². The summed E-state index contributed by atoms with van der Waals surface area (Å²) >= 11 is 0. The highest BCUT2D eigenvalue weighted by Crippen LogP contribution is 2.37. The summed E-state index contributed by atoms with van der Waals surface area (Å²) in [5.41, 5.74) is -2.55. The number of carbonyl (C=O) groups is 4. The number of carboxylic acids is 3. The second-order valence-electron chi connectivity index (χ2n) is 5.15. The molecule has 0 aromatic carbocycles. The number of hydrogen-bond donors (Lipinski definition) is 3. The van der Waals surface area contributed by atoms with Crippen LogP contribution in [-0.2, 0) is 23.9 Å². The second kappa shape index (κ2) is 6.47. The molecule has 0 fully saturated rings. The van der Waals surface area contributed by atoms with Crippen LogP contribution in [0.25, 0.3) is 0 Å². The summed E-state index contributed by atoms with van der Waals surface area (Å²) in [6.07, 6.45) is 1.51. The predicted octanol–water partition coefficient (Wildman–Crippen LogP) is 0.847. The average Bonchev–Trinajstić information content (AvgIpc) is 2.45. The zero-order valence-electron chi connectivity index (χ0n) is 12.5. The van der Waals surface area contributed by atoms with Gasteiger partial charge in [0.05, 0.1) is 5.57 Å². The minimum atomic E-state index is -1.98. The maximum absolute atomic E-state index is 11.7. The Kier molecular flexibility index (Phi) is 5.11. The normalized spacial score (nSPS) is 24.3. The van der Waals surface area contributed by atoms with Crippen LogP contribution in [0.5, 0.6) is 0 Å². The molecule has 0 aliphatic heterocycles. The van der Waals surface area contributed by atoms with Crippen molar-refractivity contribution in [1.29, 1.82) is 0 Å². The summed E-state index contributed by atoms with van der Waals surface area (Å²) in [4.78, 5) is 45.6. The van der Waals surface area contributed by atoms with Crippen molar-refractivity contribution in [2.24, 2.45) is 11.3 Å². The highest BCUT2D eigenvalue weighted by Gasteiger charge is 2.47. The van der Waals surface area contributed by atoms with E-state index in [1.807, 2.05) is 0 Å². The molecule has 3 unspecified atom stereocenters. The summed E-state index contributed by atoms with van der Waals surface area (Å²) in [5, 5.41) is 27.7. The van der Waals surface area contributed by atoms with Gasteiger partial charge in [-0.25, -0.2) is 9.59 Å². The Morgan fingerprint density at radius 1 is 1.26 bits per heavy atom. The van der Waals surface area contributed by atoms with Gasteiger partial charge in [0.25, 0.3) is 0 Å². The van der Waals surface area contributed by atoms with Crippen LogP contribution in [-0.4, -0.2) is 45.3 Å². The van der Waals surface area contributed by atoms with E-state index in [-0.39, 0.29) is 5.57 Å². The van der Waals surface area contributed by atoms with Crippen molar-refractivity contribution in [2.75, 3.05) is 0 Å². The van der Waals surface area contributed by atoms with Crippen molar-refractivity contribution in [3.05, 3.63) is 36.0 Å². The second-order valence-corrected chi connectivity index (χ2v) is 5.15. The average molecular weight is 324 g/mol. The molecule has 124 valence electrons. The van der Waals surface area contributed by atoms with E-state index >= 15 is 0 Å². The zero-order chi connectivity index (χ0) is 17.9. The molecule has 0 radical (unpaired) electrons. The zero-order valence-corrected chi connectivity index (χ0v) is 12.5. The number of aliphatic carboxylic acids is 3. The first kappa shape index (κ1) is 18.1. The fourth-order valence-electron chi connectivity index (χ4n) is 2.08. The van der Waals surface area contributed by atoms with Crippen molar-refractivity contribution in [3.63, 3.8) is 0 Å². The summed E-state index contributed by atoms with van der Waals surface area (Å²) in [7, 11) is 0. The van der Waals surface area contributed by atoms with Crippen molar-refractivity contribution in [3.8, 4) is 0 Å². The fraction of sp³-hybridized carbons (Fsp3) is 0.333. The fourth-order valence-corrected chi connectivity index (χ4v) is 2.08. The lowest BCUT2D eigenvalue weighted by molar-refractivity contribution is -0.158. The monoisotopic (exact) mass is 324 g/mol. The summed E-state index contributed by atoms with van der Waals surface area (Å²) < 4.78 is 4.98. The quantitative estimate of drug-likeness (QED) is 0.371. The molecule has 0 saturated heterocycles. The molecule has 0 heterocycles. The molecule has 1 rings (SSSR count). The van der Waals surface area contributed by atoms with Gasteiger partial charge in [-0.2, -0.15) is 0 Å². The molecule has 0 aromatic rings. The van der Waals surface area contributed by atoms with Crippen molar-refractivity contribution >= 4 is 23.9 Å². The van der Waals surface area contributed by atoms with Gasteiger partial charge in [0.1, 0.15) is 17.4 Å². The van der Waals surface area contributed by atoms with Crippen LogP contribution in [0.3, 0.4) is 0 Å². The molecular formula is C15H16O8. The SMILES string of the molecule is C=C(C)C(=O)OC(C)C1(C(=O)O)C=CC(C(=O)O)C(C(=O)O)=C1. The predicted molar refractivity (Wildman–Crippen MR) is 76.4 cm³/mol. The van der Waals surface area contributed by atoms with E-state index in [0.29, 0.717) is 0 Å². The lowest BCUT2D eigenvalue weighted by Gasteiger charge is -2.33. The van der Waals surface area contributed by atoms with E-state index in [4.69, 9.17) is 14.9 Å². The van der Waals surface area contributed by atoms with E-state index in [1.54, 1.807) is 0 Å². The van der Waals surface area contributed by atoms with Crippen LogP contribution in [0.2, 0.25) is 0 Å². The maximum Gasteiger partial charge on any atom is 0.333 e. The first-order valence-electron chi connectivity index (χ1n) is 6.51. The third kappa shape index (κ3) is 3.47. The van der Waals surface area contributed by atoms with Crippen molar-refractivity contribution in [2.45, 2.75) is 20.0 Å². The lowest BCUT2D eigenvalue weighted by atomic mass is 9.74. The molecule has 1 aliphatic rings. The summed E-state index contributed by atoms with van der Waals surface area (Å²) in [5.74, 6) is -6.79. The van der Waals surface area contributed by atoms with Gasteiger partial charge in [-0.1, -0.05) is 18.7 Å². The van der Waals surface area contributed by atoms with Crippen LogP contribution in [0, 0.1) is 11.3 Å². The minimum absolute atomic E-state index is 0.0445. The number of carboxylic acid groups (broad SMARTS) is 3. The van der Waals surface area contributed by atoms with Gasteiger partial charge in [0, 0.05) is 5.57 Å². The number of hydrogen-bond acceptors (Lipinski definition) is 5. The molecule has 3 N–H and O–H groups in total. The Hall–Kier alpha value is -2.90. The van der Waals surface area contributed by atoms with Crippen LogP contribution < -0.4 is 0 Å². The van der Waals surface area contributed by atoms with Crippen LogP contribution in [0.15, 0.2) is 36.0 Å². The molecule has 8 heteroatoms. The molecule has 0 saturated carbocycles. The highest BCUT2D eigenvalue weighted by molar-refractivity contribution is 5.98. The molecule has 23 heavy (non-hydrogen) atoms. The van der Waals surface area contributed by atoms with E-state index in [2.05, 4.69) is 6.58 Å². The number of esters is 1. The van der Waals surface area contributed by atoms with E-state index in [0.717, 1.165) is 18.2 Å². The molecule has 8 nitrogen and oxygen atoms in total. The molecule has 0 bridgehead atoms. The molecular weight excluding hydrogens is 308 g/mol. The molecule has 0 spiro atoms. The van der Waals surface area contributed by atoms with E-state index < -0.39 is 46.9 Å². The third-order valence-corrected chi connectivity index (χ3v) is 3.48. The standard InChI is InChI=1S/C15H16O8/c1-7(2)13(20)23-8(3)15(14(21)22)5-4-9(11(16)17)10(6-15)12(18)19/h4-6,8-9H,1H2,2-3H3,(H,16,17)(H,18,19)(H,21,22). The van der Waals surface area contributed by atoms with Crippen molar-refractivity contribution in [1.82, 2.24) is 0 Å². The Bertz CT molecular complexity index is 642. The molecule has 0 amide bonds. The van der Waals surface area contributed by atoms with Gasteiger partial charge in [0.2, 0.25) is 0 Å². The first-order valence-corrected chi connectivity index (χ1v) is 6.51. The van der Waals surface area contributed by atoms with Crippen LogP contribution >= 0.6 is 0 Å². The van der Waals surface area contributed by atoms with Gasteiger partial charge >= 0.3 is 23.9 Å². The Morgan fingerprint density at radius 2 is 1.83 bits per heavy atom. The summed E-state index contributed by atoms with van der Waals surface area (Å²) in [6.45, 7) is 6.02. The largest absolute Gasteiger partial charge is 0.481 e.